The molecule has 3 N–H and O–H groups in total. The van der Waals surface area contributed by atoms with Crippen LogP contribution in [0.15, 0.2) is 12.3 Å². The lowest BCUT2D eigenvalue weighted by Gasteiger charge is -2.29. The monoisotopic (exact) mass is 275 g/mol. The number of aromatic nitrogens is 1. The normalized spacial score (nSPS) is 18.7. The Kier molecular flexibility index (Phi) is 5.84. The predicted molar refractivity (Wildman–Crippen MR) is 85.6 cm³/mol. The van der Waals surface area contributed by atoms with Crippen LogP contribution in [-0.2, 0) is 0 Å². The predicted octanol–water partition coefficient (Wildman–Crippen LogP) is 3.98. The minimum Gasteiger partial charge on any atom is -0.383 e. The lowest BCUT2D eigenvalue weighted by molar-refractivity contribution is 0.325. The number of anilines is 1. The molecule has 1 aromatic rings. The number of nitrogens with zero attached hydrogens (tertiary/aromatic N) is 1. The molecule has 3 nitrogen and oxygen atoms in total. The lowest BCUT2D eigenvalue weighted by atomic mass is 9.85. The number of pyridine rings is 1. The Morgan fingerprint density at radius 1 is 1.30 bits per heavy atom. The standard InChI is InChI=1S/C17H29N3/c1-3-11-19-16(14-8-6-4-5-7-9-14)15-13(2)10-12-20-17(15)18/h10,12,14,16,19H,3-9,11H2,1-2H3,(H2,18,20). The van der Waals surface area contributed by atoms with Crippen molar-refractivity contribution in [2.75, 3.05) is 12.3 Å². The van der Waals surface area contributed by atoms with Gasteiger partial charge >= 0.3 is 0 Å². The van der Waals surface area contributed by atoms with E-state index in [0.29, 0.717) is 17.8 Å². The summed E-state index contributed by atoms with van der Waals surface area (Å²) >= 11 is 0. The summed E-state index contributed by atoms with van der Waals surface area (Å²) in [6.45, 7) is 5.43. The highest BCUT2D eigenvalue weighted by Gasteiger charge is 2.26. The Labute approximate surface area is 123 Å². The van der Waals surface area contributed by atoms with Crippen LogP contribution in [0.4, 0.5) is 5.82 Å². The summed E-state index contributed by atoms with van der Waals surface area (Å²) in [5, 5.41) is 3.74. The zero-order valence-corrected chi connectivity index (χ0v) is 13.0. The molecule has 1 unspecified atom stereocenters. The summed E-state index contributed by atoms with van der Waals surface area (Å²) in [7, 11) is 0. The number of nitrogens with one attached hydrogen (secondary N) is 1. The maximum absolute atomic E-state index is 6.19. The maximum atomic E-state index is 6.19. The molecule has 0 bridgehead atoms. The van der Waals surface area contributed by atoms with Crippen molar-refractivity contribution in [3.05, 3.63) is 23.4 Å². The third-order valence-corrected chi connectivity index (χ3v) is 4.54. The van der Waals surface area contributed by atoms with Gasteiger partial charge in [-0.15, -0.1) is 0 Å². The molecule has 1 atom stereocenters. The molecular weight excluding hydrogens is 246 g/mol. The largest absolute Gasteiger partial charge is 0.383 e. The zero-order valence-electron chi connectivity index (χ0n) is 13.0. The van der Waals surface area contributed by atoms with E-state index in [0.717, 1.165) is 13.0 Å². The van der Waals surface area contributed by atoms with Gasteiger partial charge in [-0.3, -0.25) is 0 Å². The van der Waals surface area contributed by atoms with E-state index in [2.05, 4.69) is 30.2 Å². The number of rotatable bonds is 5. The quantitative estimate of drug-likeness (QED) is 0.799. The summed E-state index contributed by atoms with van der Waals surface area (Å²) in [4.78, 5) is 4.32. The van der Waals surface area contributed by atoms with E-state index in [4.69, 9.17) is 5.73 Å². The number of hydrogen-bond donors (Lipinski definition) is 2. The molecule has 1 fully saturated rings. The first-order chi connectivity index (χ1) is 9.74. The molecule has 3 heteroatoms. The summed E-state index contributed by atoms with van der Waals surface area (Å²) < 4.78 is 0. The molecule has 112 valence electrons. The molecular formula is C17H29N3. The van der Waals surface area contributed by atoms with Gasteiger partial charge in [0, 0.05) is 17.8 Å². The van der Waals surface area contributed by atoms with Crippen LogP contribution in [0.1, 0.15) is 69.0 Å². The summed E-state index contributed by atoms with van der Waals surface area (Å²) in [5.41, 5.74) is 8.71. The summed E-state index contributed by atoms with van der Waals surface area (Å²) in [6.07, 6.45) is 11.1. The van der Waals surface area contributed by atoms with Crippen LogP contribution in [0.3, 0.4) is 0 Å². The van der Waals surface area contributed by atoms with Crippen molar-refractivity contribution in [2.24, 2.45) is 5.92 Å². The van der Waals surface area contributed by atoms with E-state index < -0.39 is 0 Å². The average Bonchev–Trinajstić information content (AvgIpc) is 2.71. The summed E-state index contributed by atoms with van der Waals surface area (Å²) in [6, 6.07) is 2.46. The summed E-state index contributed by atoms with van der Waals surface area (Å²) in [5.74, 6) is 1.41. The first-order valence-corrected chi connectivity index (χ1v) is 8.18. The number of nitrogens with two attached hydrogens (primary N) is 1. The Morgan fingerprint density at radius 3 is 2.60 bits per heavy atom. The molecule has 0 saturated heterocycles. The van der Waals surface area contributed by atoms with Crippen LogP contribution < -0.4 is 11.1 Å². The fourth-order valence-electron chi connectivity index (χ4n) is 3.44. The van der Waals surface area contributed by atoms with Gasteiger partial charge in [-0.05, 0) is 50.3 Å². The minimum absolute atomic E-state index is 0.377. The van der Waals surface area contributed by atoms with Crippen molar-refractivity contribution < 1.29 is 0 Å². The Hall–Kier alpha value is -1.09. The van der Waals surface area contributed by atoms with E-state index in [1.165, 1.54) is 49.7 Å². The molecule has 0 spiro atoms. The highest BCUT2D eigenvalue weighted by Crippen LogP contribution is 2.36. The Bertz CT molecular complexity index is 388. The van der Waals surface area contributed by atoms with Crippen molar-refractivity contribution in [2.45, 2.75) is 64.8 Å². The van der Waals surface area contributed by atoms with E-state index in [1.54, 1.807) is 0 Å². The first kappa shape index (κ1) is 15.3. The van der Waals surface area contributed by atoms with Crippen molar-refractivity contribution in [3.63, 3.8) is 0 Å². The second-order valence-corrected chi connectivity index (χ2v) is 6.11. The maximum Gasteiger partial charge on any atom is 0.128 e. The molecule has 1 aromatic heterocycles. The molecule has 1 aliphatic carbocycles. The fraction of sp³-hybridized carbons (Fsp3) is 0.706. The van der Waals surface area contributed by atoms with Crippen molar-refractivity contribution in [1.29, 1.82) is 0 Å². The van der Waals surface area contributed by atoms with Crippen LogP contribution in [0, 0.1) is 12.8 Å². The lowest BCUT2D eigenvalue weighted by Crippen LogP contribution is -2.30. The van der Waals surface area contributed by atoms with Gasteiger partial charge in [0.05, 0.1) is 0 Å². The molecule has 2 rings (SSSR count). The van der Waals surface area contributed by atoms with Gasteiger partial charge in [-0.2, -0.15) is 0 Å². The van der Waals surface area contributed by atoms with Gasteiger partial charge in [0.1, 0.15) is 5.82 Å². The smallest absolute Gasteiger partial charge is 0.128 e. The molecule has 0 aromatic carbocycles. The molecule has 0 aliphatic heterocycles. The number of aryl methyl sites for hydroxylation is 1. The highest BCUT2D eigenvalue weighted by molar-refractivity contribution is 5.46. The van der Waals surface area contributed by atoms with E-state index in [-0.39, 0.29) is 0 Å². The van der Waals surface area contributed by atoms with Crippen molar-refractivity contribution >= 4 is 5.82 Å². The van der Waals surface area contributed by atoms with Gasteiger partial charge in [-0.1, -0.05) is 32.6 Å². The van der Waals surface area contributed by atoms with Crippen LogP contribution in [0.5, 0.6) is 0 Å². The van der Waals surface area contributed by atoms with Crippen molar-refractivity contribution in [1.82, 2.24) is 10.3 Å². The van der Waals surface area contributed by atoms with Crippen LogP contribution in [0.2, 0.25) is 0 Å². The van der Waals surface area contributed by atoms with Gasteiger partial charge in [0.15, 0.2) is 0 Å². The number of nitrogen functional groups attached to an aromatic ring is 1. The van der Waals surface area contributed by atoms with Gasteiger partial charge < -0.3 is 11.1 Å². The molecule has 20 heavy (non-hydrogen) atoms. The SMILES string of the molecule is CCCNC(c1c(C)ccnc1N)C1CCCCCC1. The zero-order chi connectivity index (χ0) is 14.4. The average molecular weight is 275 g/mol. The Balaban J connectivity index is 2.25. The van der Waals surface area contributed by atoms with Crippen molar-refractivity contribution in [3.8, 4) is 0 Å². The highest BCUT2D eigenvalue weighted by atomic mass is 14.9. The Morgan fingerprint density at radius 2 is 2.00 bits per heavy atom. The van der Waals surface area contributed by atoms with E-state index in [1.807, 2.05) is 6.20 Å². The van der Waals surface area contributed by atoms with E-state index in [9.17, 15) is 0 Å². The molecule has 1 aliphatic rings. The molecule has 0 radical (unpaired) electrons. The van der Waals surface area contributed by atoms with Crippen LogP contribution in [-0.4, -0.2) is 11.5 Å². The first-order valence-electron chi connectivity index (χ1n) is 8.18. The fourth-order valence-corrected chi connectivity index (χ4v) is 3.44. The van der Waals surface area contributed by atoms with Gasteiger partial charge in [0.25, 0.3) is 0 Å². The van der Waals surface area contributed by atoms with Gasteiger partial charge in [0.2, 0.25) is 0 Å². The third-order valence-electron chi connectivity index (χ3n) is 4.54. The molecule has 1 saturated carbocycles. The van der Waals surface area contributed by atoms with Crippen LogP contribution >= 0.6 is 0 Å². The van der Waals surface area contributed by atoms with E-state index >= 15 is 0 Å². The minimum atomic E-state index is 0.377. The third kappa shape index (κ3) is 3.72. The molecule has 0 amide bonds. The molecule has 1 heterocycles. The number of hydrogen-bond acceptors (Lipinski definition) is 3. The van der Waals surface area contributed by atoms with Gasteiger partial charge in [-0.25, -0.2) is 4.98 Å². The topological polar surface area (TPSA) is 50.9 Å². The second-order valence-electron chi connectivity index (χ2n) is 6.11. The van der Waals surface area contributed by atoms with Crippen LogP contribution in [0.25, 0.3) is 0 Å². The second kappa shape index (κ2) is 7.63.